The molecule has 3 aromatic rings. The number of para-hydroxylation sites is 1. The number of carbonyl (C=O) groups excluding carboxylic acids is 1. The Hall–Kier alpha value is -2.56. The van der Waals surface area contributed by atoms with Crippen molar-refractivity contribution in [3.8, 4) is 0 Å². The molecule has 102 valence electrons. The summed E-state index contributed by atoms with van der Waals surface area (Å²) in [6, 6.07) is 11.4. The number of aromatic nitrogens is 3. The van der Waals surface area contributed by atoms with Crippen LogP contribution in [0, 0.1) is 0 Å². The number of aromatic amines is 1. The number of carbonyl (C=O) groups is 1. The van der Waals surface area contributed by atoms with Crippen LogP contribution in [0.5, 0.6) is 0 Å². The monoisotopic (exact) mass is 268 g/mol. The number of rotatable bonds is 4. The summed E-state index contributed by atoms with van der Waals surface area (Å²) in [5.41, 5.74) is 1.56. The Bertz CT molecular complexity index is 741. The highest BCUT2D eigenvalue weighted by Crippen LogP contribution is 2.20. The number of amides is 1. The number of nitrogens with zero attached hydrogens (tertiary/aromatic N) is 2. The van der Waals surface area contributed by atoms with E-state index in [2.05, 4.69) is 22.4 Å². The molecule has 0 unspecified atom stereocenters. The van der Waals surface area contributed by atoms with Crippen molar-refractivity contribution in [1.29, 1.82) is 0 Å². The smallest absolute Gasteiger partial charge is 0.273 e. The topological polar surface area (TPSA) is 62.7 Å². The molecule has 0 radical (unpaired) electrons. The molecule has 2 heterocycles. The first-order chi connectivity index (χ1) is 9.79. The van der Waals surface area contributed by atoms with E-state index in [0.717, 1.165) is 23.9 Å². The van der Waals surface area contributed by atoms with E-state index in [0.29, 0.717) is 11.5 Å². The van der Waals surface area contributed by atoms with Crippen molar-refractivity contribution in [1.82, 2.24) is 14.8 Å². The van der Waals surface area contributed by atoms with E-state index in [-0.39, 0.29) is 5.91 Å². The van der Waals surface area contributed by atoms with E-state index in [9.17, 15) is 4.79 Å². The van der Waals surface area contributed by atoms with Crippen LogP contribution in [-0.2, 0) is 6.54 Å². The van der Waals surface area contributed by atoms with E-state index in [1.807, 2.05) is 47.2 Å². The maximum Gasteiger partial charge on any atom is 0.273 e. The van der Waals surface area contributed by atoms with Gasteiger partial charge in [0.15, 0.2) is 5.82 Å². The highest BCUT2D eigenvalue weighted by molar-refractivity contribution is 6.07. The molecular weight excluding hydrogens is 252 g/mol. The predicted molar refractivity (Wildman–Crippen MR) is 78.8 cm³/mol. The minimum atomic E-state index is -0.138. The lowest BCUT2D eigenvalue weighted by Crippen LogP contribution is -2.17. The van der Waals surface area contributed by atoms with Gasteiger partial charge >= 0.3 is 0 Å². The molecule has 0 atom stereocenters. The van der Waals surface area contributed by atoms with Crippen molar-refractivity contribution >= 4 is 22.6 Å². The first kappa shape index (κ1) is 12.5. The van der Waals surface area contributed by atoms with Crippen LogP contribution < -0.4 is 5.32 Å². The third kappa shape index (κ3) is 2.18. The zero-order valence-electron chi connectivity index (χ0n) is 11.3. The lowest BCUT2D eigenvalue weighted by atomic mass is 10.2. The second-order valence-electron chi connectivity index (χ2n) is 4.66. The van der Waals surface area contributed by atoms with Crippen LogP contribution in [0.25, 0.3) is 10.9 Å². The second kappa shape index (κ2) is 5.21. The van der Waals surface area contributed by atoms with Crippen molar-refractivity contribution in [2.45, 2.75) is 19.9 Å². The van der Waals surface area contributed by atoms with Crippen LogP contribution in [0.3, 0.4) is 0 Å². The average molecular weight is 268 g/mol. The average Bonchev–Trinajstić information content (AvgIpc) is 3.07. The number of hydrogen-bond acceptors (Lipinski definition) is 2. The molecule has 20 heavy (non-hydrogen) atoms. The Morgan fingerprint density at radius 2 is 2.15 bits per heavy atom. The normalized spacial score (nSPS) is 10.8. The van der Waals surface area contributed by atoms with Gasteiger partial charge in [-0.3, -0.25) is 9.89 Å². The van der Waals surface area contributed by atoms with Gasteiger partial charge in [-0.05, 0) is 30.7 Å². The summed E-state index contributed by atoms with van der Waals surface area (Å²) in [6.45, 7) is 2.92. The van der Waals surface area contributed by atoms with Crippen LogP contribution in [0.2, 0.25) is 0 Å². The first-order valence-electron chi connectivity index (χ1n) is 6.69. The summed E-state index contributed by atoms with van der Waals surface area (Å²) < 4.78 is 1.95. The third-order valence-corrected chi connectivity index (χ3v) is 3.23. The number of benzene rings is 1. The van der Waals surface area contributed by atoms with Gasteiger partial charge in [0, 0.05) is 18.1 Å². The van der Waals surface area contributed by atoms with Crippen molar-refractivity contribution in [3.63, 3.8) is 0 Å². The molecule has 0 saturated heterocycles. The van der Waals surface area contributed by atoms with Crippen molar-refractivity contribution in [3.05, 3.63) is 48.3 Å². The maximum atomic E-state index is 12.3. The molecule has 5 heteroatoms. The van der Waals surface area contributed by atoms with Crippen LogP contribution in [-0.4, -0.2) is 20.7 Å². The molecule has 0 spiro atoms. The molecule has 3 rings (SSSR count). The zero-order chi connectivity index (χ0) is 13.9. The highest BCUT2D eigenvalue weighted by atomic mass is 16.2. The SMILES string of the molecule is CCCn1cccc1C(=O)Nc1n[nH]c2ccccc12. The van der Waals surface area contributed by atoms with Crippen LogP contribution in [0.15, 0.2) is 42.6 Å². The lowest BCUT2D eigenvalue weighted by molar-refractivity contribution is 0.101. The molecule has 0 saturated carbocycles. The number of anilines is 1. The molecule has 0 fully saturated rings. The number of nitrogens with one attached hydrogen (secondary N) is 2. The Morgan fingerprint density at radius 3 is 3.00 bits per heavy atom. The molecule has 0 aliphatic rings. The molecule has 0 aliphatic heterocycles. The van der Waals surface area contributed by atoms with Gasteiger partial charge in [0.25, 0.3) is 5.91 Å². The Kier molecular flexibility index (Phi) is 3.25. The fourth-order valence-corrected chi connectivity index (χ4v) is 2.29. The molecular formula is C15H16N4O. The quantitative estimate of drug-likeness (QED) is 0.764. The number of hydrogen-bond donors (Lipinski definition) is 2. The van der Waals surface area contributed by atoms with Gasteiger partial charge < -0.3 is 9.88 Å². The van der Waals surface area contributed by atoms with Gasteiger partial charge in [-0.2, -0.15) is 5.10 Å². The molecule has 0 aliphatic carbocycles. The summed E-state index contributed by atoms with van der Waals surface area (Å²) >= 11 is 0. The minimum Gasteiger partial charge on any atom is -0.344 e. The summed E-state index contributed by atoms with van der Waals surface area (Å²) in [6.07, 6.45) is 2.90. The van der Waals surface area contributed by atoms with E-state index < -0.39 is 0 Å². The molecule has 1 aromatic carbocycles. The number of aryl methyl sites for hydroxylation is 1. The largest absolute Gasteiger partial charge is 0.344 e. The summed E-state index contributed by atoms with van der Waals surface area (Å²) in [5.74, 6) is 0.426. The second-order valence-corrected chi connectivity index (χ2v) is 4.66. The standard InChI is InChI=1S/C15H16N4O/c1-2-9-19-10-5-8-13(19)15(20)16-14-11-6-3-4-7-12(11)17-18-14/h3-8,10H,2,9H2,1H3,(H2,16,17,18,20). The summed E-state index contributed by atoms with van der Waals surface area (Å²) in [5, 5.41) is 10.8. The van der Waals surface area contributed by atoms with Crippen molar-refractivity contribution < 1.29 is 4.79 Å². The molecule has 2 N–H and O–H groups in total. The molecule has 1 amide bonds. The fourth-order valence-electron chi connectivity index (χ4n) is 2.29. The zero-order valence-corrected chi connectivity index (χ0v) is 11.3. The molecule has 2 aromatic heterocycles. The van der Waals surface area contributed by atoms with Crippen LogP contribution in [0.4, 0.5) is 5.82 Å². The molecule has 0 bridgehead atoms. The van der Waals surface area contributed by atoms with E-state index in [1.165, 1.54) is 0 Å². The van der Waals surface area contributed by atoms with Gasteiger partial charge in [0.1, 0.15) is 5.69 Å². The van der Waals surface area contributed by atoms with Gasteiger partial charge in [-0.1, -0.05) is 19.1 Å². The minimum absolute atomic E-state index is 0.138. The predicted octanol–water partition coefficient (Wildman–Crippen LogP) is 3.03. The lowest BCUT2D eigenvalue weighted by Gasteiger charge is -2.07. The van der Waals surface area contributed by atoms with Gasteiger partial charge in [-0.15, -0.1) is 0 Å². The van der Waals surface area contributed by atoms with Crippen molar-refractivity contribution in [2.24, 2.45) is 0 Å². The van der Waals surface area contributed by atoms with Crippen LogP contribution in [0.1, 0.15) is 23.8 Å². The first-order valence-corrected chi connectivity index (χ1v) is 6.69. The van der Waals surface area contributed by atoms with Gasteiger partial charge in [0.05, 0.1) is 5.52 Å². The number of fused-ring (bicyclic) bond motifs is 1. The number of H-pyrrole nitrogens is 1. The van der Waals surface area contributed by atoms with E-state index >= 15 is 0 Å². The van der Waals surface area contributed by atoms with Crippen LogP contribution >= 0.6 is 0 Å². The van der Waals surface area contributed by atoms with E-state index in [1.54, 1.807) is 0 Å². The highest BCUT2D eigenvalue weighted by Gasteiger charge is 2.13. The summed E-state index contributed by atoms with van der Waals surface area (Å²) in [7, 11) is 0. The van der Waals surface area contributed by atoms with Crippen molar-refractivity contribution in [2.75, 3.05) is 5.32 Å². The Balaban J connectivity index is 1.87. The molecule has 5 nitrogen and oxygen atoms in total. The summed E-state index contributed by atoms with van der Waals surface area (Å²) in [4.78, 5) is 12.3. The van der Waals surface area contributed by atoms with Gasteiger partial charge in [-0.25, -0.2) is 0 Å². The van der Waals surface area contributed by atoms with Gasteiger partial charge in [0.2, 0.25) is 0 Å². The Morgan fingerprint density at radius 1 is 1.30 bits per heavy atom. The third-order valence-electron chi connectivity index (χ3n) is 3.23. The maximum absolute atomic E-state index is 12.3. The Labute approximate surface area is 116 Å². The fraction of sp³-hybridized carbons (Fsp3) is 0.200. The van der Waals surface area contributed by atoms with E-state index in [4.69, 9.17) is 0 Å².